The maximum absolute atomic E-state index is 10.4. The molecule has 0 radical (unpaired) electrons. The molecule has 1 aromatic carbocycles. The van der Waals surface area contributed by atoms with Crippen LogP contribution in [0.15, 0.2) is 18.2 Å². The highest BCUT2D eigenvalue weighted by molar-refractivity contribution is 5.73. The molecule has 0 aliphatic heterocycles. The Bertz CT molecular complexity index is 321. The van der Waals surface area contributed by atoms with Crippen LogP contribution in [0.1, 0.15) is 18.1 Å². The second-order valence-corrected chi connectivity index (χ2v) is 2.96. The largest absolute Gasteiger partial charge is 0.481 e. The molecule has 0 aliphatic rings. The Morgan fingerprint density at radius 3 is 2.69 bits per heavy atom. The van der Waals surface area contributed by atoms with Crippen LogP contribution in [0, 0.1) is 0 Å². The third kappa shape index (κ3) is 2.47. The van der Waals surface area contributed by atoms with Gasteiger partial charge in [0.15, 0.2) is 0 Å². The summed E-state index contributed by atoms with van der Waals surface area (Å²) in [6, 6.07) is 5.52. The third-order valence-corrected chi connectivity index (χ3v) is 1.96. The molecular weight excluding hydrogens is 166 g/mol. The summed E-state index contributed by atoms with van der Waals surface area (Å²) >= 11 is 0. The molecule has 0 unspecified atom stereocenters. The van der Waals surface area contributed by atoms with Gasteiger partial charge in [0.05, 0.1) is 6.42 Å². The van der Waals surface area contributed by atoms with Gasteiger partial charge < -0.3 is 10.8 Å². The number of rotatable bonds is 3. The standard InChI is InChI=1S/C10H13NO2/c1-2-7-3-4-8(6-10(12)13)9(11)5-7/h3-5H,2,6,11H2,1H3,(H,12,13). The van der Waals surface area contributed by atoms with Crippen molar-refractivity contribution in [1.29, 1.82) is 0 Å². The monoisotopic (exact) mass is 179 g/mol. The van der Waals surface area contributed by atoms with Gasteiger partial charge in [0.2, 0.25) is 0 Å². The minimum atomic E-state index is -0.851. The van der Waals surface area contributed by atoms with Crippen molar-refractivity contribution in [3.63, 3.8) is 0 Å². The molecule has 13 heavy (non-hydrogen) atoms. The fourth-order valence-corrected chi connectivity index (χ4v) is 1.19. The minimum absolute atomic E-state index is 0.00414. The average molecular weight is 179 g/mol. The second-order valence-electron chi connectivity index (χ2n) is 2.96. The van der Waals surface area contributed by atoms with Gasteiger partial charge in [-0.05, 0) is 23.6 Å². The van der Waals surface area contributed by atoms with Crippen LogP contribution in [0.4, 0.5) is 5.69 Å². The molecule has 0 spiro atoms. The van der Waals surface area contributed by atoms with E-state index in [1.807, 2.05) is 19.1 Å². The van der Waals surface area contributed by atoms with Crippen LogP contribution in [0.2, 0.25) is 0 Å². The van der Waals surface area contributed by atoms with Gasteiger partial charge in [-0.25, -0.2) is 0 Å². The highest BCUT2D eigenvalue weighted by Crippen LogP contribution is 2.15. The number of hydrogen-bond acceptors (Lipinski definition) is 2. The van der Waals surface area contributed by atoms with E-state index >= 15 is 0 Å². The molecule has 1 aromatic rings. The third-order valence-electron chi connectivity index (χ3n) is 1.96. The summed E-state index contributed by atoms with van der Waals surface area (Å²) in [4.78, 5) is 10.4. The van der Waals surface area contributed by atoms with Crippen molar-refractivity contribution < 1.29 is 9.90 Å². The van der Waals surface area contributed by atoms with Gasteiger partial charge >= 0.3 is 5.97 Å². The zero-order valence-corrected chi connectivity index (χ0v) is 7.58. The fraction of sp³-hybridized carbons (Fsp3) is 0.300. The Kier molecular flexibility index (Phi) is 2.90. The van der Waals surface area contributed by atoms with Crippen LogP contribution in [-0.2, 0) is 17.6 Å². The SMILES string of the molecule is CCc1ccc(CC(=O)O)c(N)c1. The number of aryl methyl sites for hydroxylation is 1. The minimum Gasteiger partial charge on any atom is -0.481 e. The smallest absolute Gasteiger partial charge is 0.307 e. The normalized spacial score (nSPS) is 9.92. The zero-order chi connectivity index (χ0) is 9.84. The maximum Gasteiger partial charge on any atom is 0.307 e. The van der Waals surface area contributed by atoms with E-state index in [1.54, 1.807) is 6.07 Å². The number of hydrogen-bond donors (Lipinski definition) is 2. The van der Waals surface area contributed by atoms with Crippen LogP contribution in [0.5, 0.6) is 0 Å². The number of nitrogens with two attached hydrogens (primary N) is 1. The molecule has 0 aliphatic carbocycles. The highest BCUT2D eigenvalue weighted by Gasteiger charge is 2.04. The Morgan fingerprint density at radius 1 is 1.54 bits per heavy atom. The second kappa shape index (κ2) is 3.94. The van der Waals surface area contributed by atoms with E-state index in [4.69, 9.17) is 10.8 Å². The number of carboxylic acid groups (broad SMARTS) is 1. The summed E-state index contributed by atoms with van der Waals surface area (Å²) in [5.74, 6) is -0.851. The Labute approximate surface area is 77.2 Å². The molecule has 0 heterocycles. The lowest BCUT2D eigenvalue weighted by Gasteiger charge is -2.04. The maximum atomic E-state index is 10.4. The lowest BCUT2D eigenvalue weighted by atomic mass is 10.1. The number of benzene rings is 1. The van der Waals surface area contributed by atoms with E-state index < -0.39 is 5.97 Å². The van der Waals surface area contributed by atoms with Crippen molar-refractivity contribution in [1.82, 2.24) is 0 Å². The molecule has 0 bridgehead atoms. The number of anilines is 1. The Balaban J connectivity index is 2.91. The van der Waals surface area contributed by atoms with Crippen LogP contribution in [-0.4, -0.2) is 11.1 Å². The van der Waals surface area contributed by atoms with Crippen molar-refractivity contribution in [2.45, 2.75) is 19.8 Å². The van der Waals surface area contributed by atoms with Gasteiger partial charge in [-0.3, -0.25) is 4.79 Å². The molecule has 70 valence electrons. The van der Waals surface area contributed by atoms with E-state index in [2.05, 4.69) is 0 Å². The lowest BCUT2D eigenvalue weighted by Crippen LogP contribution is -2.03. The summed E-state index contributed by atoms with van der Waals surface area (Å²) in [7, 11) is 0. The molecule has 0 amide bonds. The molecular formula is C10H13NO2. The lowest BCUT2D eigenvalue weighted by molar-refractivity contribution is -0.136. The van der Waals surface area contributed by atoms with Gasteiger partial charge in [-0.15, -0.1) is 0 Å². The predicted octanol–water partition coefficient (Wildman–Crippen LogP) is 1.46. The van der Waals surface area contributed by atoms with Gasteiger partial charge in [0, 0.05) is 5.69 Å². The topological polar surface area (TPSA) is 63.3 Å². The van der Waals surface area contributed by atoms with Gasteiger partial charge in [-0.1, -0.05) is 19.1 Å². The van der Waals surface area contributed by atoms with Crippen molar-refractivity contribution in [3.05, 3.63) is 29.3 Å². The molecule has 0 fully saturated rings. The molecule has 1 rings (SSSR count). The van der Waals surface area contributed by atoms with Crippen LogP contribution in [0.25, 0.3) is 0 Å². The molecule has 3 heteroatoms. The summed E-state index contributed by atoms with van der Waals surface area (Å²) < 4.78 is 0. The molecule has 3 N–H and O–H groups in total. The van der Waals surface area contributed by atoms with E-state index in [9.17, 15) is 4.79 Å². The van der Waals surface area contributed by atoms with Crippen molar-refractivity contribution in [2.75, 3.05) is 5.73 Å². The molecule has 0 saturated carbocycles. The number of carboxylic acids is 1. The average Bonchev–Trinajstić information content (AvgIpc) is 2.08. The molecule has 0 atom stereocenters. The molecule has 0 saturated heterocycles. The summed E-state index contributed by atoms with van der Waals surface area (Å²) in [6.45, 7) is 2.03. The van der Waals surface area contributed by atoms with E-state index in [-0.39, 0.29) is 6.42 Å². The zero-order valence-electron chi connectivity index (χ0n) is 7.58. The van der Waals surface area contributed by atoms with Gasteiger partial charge in [0.1, 0.15) is 0 Å². The predicted molar refractivity (Wildman–Crippen MR) is 51.6 cm³/mol. The van der Waals surface area contributed by atoms with Crippen LogP contribution < -0.4 is 5.73 Å². The van der Waals surface area contributed by atoms with Crippen LogP contribution >= 0.6 is 0 Å². The fourth-order valence-electron chi connectivity index (χ4n) is 1.19. The number of carbonyl (C=O) groups is 1. The van der Waals surface area contributed by atoms with Crippen molar-refractivity contribution in [2.24, 2.45) is 0 Å². The van der Waals surface area contributed by atoms with E-state index in [0.29, 0.717) is 11.3 Å². The van der Waals surface area contributed by atoms with Crippen molar-refractivity contribution in [3.8, 4) is 0 Å². The van der Waals surface area contributed by atoms with E-state index in [0.717, 1.165) is 12.0 Å². The first-order chi connectivity index (χ1) is 6.13. The number of aliphatic carboxylic acids is 1. The first-order valence-electron chi connectivity index (χ1n) is 4.22. The number of nitrogen functional groups attached to an aromatic ring is 1. The van der Waals surface area contributed by atoms with Crippen molar-refractivity contribution >= 4 is 11.7 Å². The van der Waals surface area contributed by atoms with E-state index in [1.165, 1.54) is 0 Å². The first kappa shape index (κ1) is 9.58. The molecule has 3 nitrogen and oxygen atoms in total. The summed E-state index contributed by atoms with van der Waals surface area (Å²) in [5, 5.41) is 8.56. The summed E-state index contributed by atoms with van der Waals surface area (Å²) in [6.07, 6.45) is 0.910. The highest BCUT2D eigenvalue weighted by atomic mass is 16.4. The first-order valence-corrected chi connectivity index (χ1v) is 4.22. The van der Waals surface area contributed by atoms with Gasteiger partial charge in [-0.2, -0.15) is 0 Å². The summed E-state index contributed by atoms with van der Waals surface area (Å²) in [5.41, 5.74) is 8.07. The Hall–Kier alpha value is -1.51. The Morgan fingerprint density at radius 2 is 2.23 bits per heavy atom. The molecule has 0 aromatic heterocycles. The van der Waals surface area contributed by atoms with Gasteiger partial charge in [0.25, 0.3) is 0 Å². The van der Waals surface area contributed by atoms with Crippen LogP contribution in [0.3, 0.4) is 0 Å². The quantitative estimate of drug-likeness (QED) is 0.690.